The summed E-state index contributed by atoms with van der Waals surface area (Å²) < 4.78 is 47.2. The second-order valence-electron chi connectivity index (χ2n) is 33.2. The second kappa shape index (κ2) is 33.5. The zero-order chi connectivity index (χ0) is 85.2. The van der Waals surface area contributed by atoms with Crippen molar-refractivity contribution >= 4 is 131 Å². The van der Waals surface area contributed by atoms with Gasteiger partial charge >= 0.3 is 0 Å². The summed E-state index contributed by atoms with van der Waals surface area (Å²) >= 11 is 0. The maximum atomic E-state index is 13.6. The van der Waals surface area contributed by atoms with Crippen LogP contribution in [-0.2, 0) is 59.7 Å². The van der Waals surface area contributed by atoms with Crippen LogP contribution in [0.4, 0.5) is 34.5 Å². The van der Waals surface area contributed by atoms with E-state index in [1.807, 2.05) is 15.9 Å². The van der Waals surface area contributed by atoms with E-state index in [9.17, 15) is 79.2 Å². The number of amides is 12. The summed E-state index contributed by atoms with van der Waals surface area (Å²) in [5.74, 6) is -1.99. The minimum atomic E-state index is -3.35. The molecule has 8 saturated heterocycles. The van der Waals surface area contributed by atoms with Crippen molar-refractivity contribution < 1.29 is 79.2 Å². The molecule has 36 nitrogen and oxygen atoms in total. The quantitative estimate of drug-likeness (QED) is 0.0532. The highest BCUT2D eigenvalue weighted by atomic mass is 32.2. The Morgan fingerprint density at radius 3 is 1.42 bits per heavy atom. The number of fused-ring (bicyclic) bond motifs is 4. The highest BCUT2D eigenvalue weighted by Crippen LogP contribution is 2.53. The third-order valence-corrected chi connectivity index (χ3v) is 27.6. The van der Waals surface area contributed by atoms with Crippen LogP contribution in [0.2, 0.25) is 0 Å². The van der Waals surface area contributed by atoms with Gasteiger partial charge in [-0.15, -0.1) is 0 Å². The summed E-state index contributed by atoms with van der Waals surface area (Å²) in [6, 6.07) is 21.2. The first-order valence-electron chi connectivity index (χ1n) is 40.9. The molecule has 0 radical (unpaired) electrons. The number of hydrogen-bond donors (Lipinski definition) is 8. The average molecular weight is 1690 g/mol. The Kier molecular flexibility index (Phi) is 22.9. The maximum absolute atomic E-state index is 13.6. The molecule has 2 aromatic heterocycles. The van der Waals surface area contributed by atoms with Gasteiger partial charge in [0.25, 0.3) is 35.4 Å². The fourth-order valence-electron chi connectivity index (χ4n) is 18.7. The van der Waals surface area contributed by atoms with Gasteiger partial charge in [-0.3, -0.25) is 87.7 Å². The Morgan fingerprint density at radius 1 is 0.488 bits per heavy atom. The normalized spacial score (nSPS) is 25.3. The van der Waals surface area contributed by atoms with Crippen LogP contribution >= 0.6 is 0 Å². The molecule has 4 aromatic carbocycles. The molecule has 0 bridgehead atoms. The molecule has 10 aliphatic heterocycles. The molecule has 10 N–H and O–H groups in total. The molecular weight excluding hydrogens is 1600 g/mol. The van der Waals surface area contributed by atoms with E-state index in [-0.39, 0.29) is 123 Å². The average Bonchev–Trinajstić information content (AvgIpc) is 1.57. The minimum absolute atomic E-state index is 0.00144. The lowest BCUT2D eigenvalue weighted by atomic mass is 10.0. The molecule has 10 fully saturated rings. The van der Waals surface area contributed by atoms with Crippen molar-refractivity contribution in [1.82, 2.24) is 61.2 Å². The van der Waals surface area contributed by atoms with E-state index in [0.717, 1.165) is 130 Å². The number of ketones is 1. The fraction of sp³-hybridized carbons (Fsp3) is 0.458. The number of rotatable bonds is 19. The van der Waals surface area contributed by atoms with Crippen LogP contribution in [0.15, 0.2) is 107 Å². The summed E-state index contributed by atoms with van der Waals surface area (Å²) in [5.41, 5.74) is 15.6. The number of carbonyl (C=O) groups excluding carboxylic acids is 13. The molecule has 10 atom stereocenters. The predicted molar refractivity (Wildman–Crippen MR) is 436 cm³/mol. The summed E-state index contributed by atoms with van der Waals surface area (Å²) in [5, 5.41) is 17.3. The van der Waals surface area contributed by atoms with Crippen LogP contribution in [0, 0.1) is 35.5 Å². The molecule has 6 aromatic rings. The Bertz CT molecular complexity index is 5500. The van der Waals surface area contributed by atoms with E-state index in [1.165, 1.54) is 30.5 Å². The van der Waals surface area contributed by atoms with Crippen LogP contribution < -0.4 is 63.0 Å². The van der Waals surface area contributed by atoms with Crippen molar-refractivity contribution in [3.63, 3.8) is 0 Å². The third-order valence-electron chi connectivity index (χ3n) is 25.3. The van der Waals surface area contributed by atoms with E-state index in [4.69, 9.17) is 16.5 Å². The number of Topliss-reactive ketones (excluding diaryl/α,β-unsaturated/α-hetero) is 1. The molecule has 2 aliphatic carbocycles. The van der Waals surface area contributed by atoms with Gasteiger partial charge in [-0.05, 0) is 166 Å². The number of carbonyl (C=O) groups is 13. The number of imide groups is 4. The van der Waals surface area contributed by atoms with Crippen LogP contribution in [-0.4, -0.2) is 249 Å². The predicted octanol–water partition coefficient (Wildman–Crippen LogP) is 1.43. The number of nitrogens with zero attached hydrogens (tertiary/aromatic N) is 11. The lowest BCUT2D eigenvalue weighted by Crippen LogP contribution is -2.54. The molecule has 121 heavy (non-hydrogen) atoms. The largest absolute Gasteiger partial charge is 0.371 e. The van der Waals surface area contributed by atoms with Crippen molar-refractivity contribution in [3.05, 3.63) is 142 Å². The first kappa shape index (κ1) is 82.7. The maximum Gasteiger partial charge on any atom is 0.271 e. The summed E-state index contributed by atoms with van der Waals surface area (Å²) in [4.78, 5) is 192. The van der Waals surface area contributed by atoms with Crippen molar-refractivity contribution in [2.75, 3.05) is 116 Å². The van der Waals surface area contributed by atoms with Crippen LogP contribution in [0.1, 0.15) is 151 Å². The number of likely N-dealkylation sites (tertiary alicyclic amines) is 1. The molecule has 38 heteroatoms. The molecule has 0 spiro atoms. The van der Waals surface area contributed by atoms with Gasteiger partial charge < -0.3 is 52.3 Å². The zero-order valence-electron chi connectivity index (χ0n) is 66.6. The second-order valence-corrected chi connectivity index (χ2v) is 37.2. The Morgan fingerprint density at radius 2 is 0.942 bits per heavy atom. The molecule has 12 aliphatic rings. The zero-order valence-corrected chi connectivity index (χ0v) is 68.2. The Hall–Kier alpha value is -12.0. The molecule has 12 heterocycles. The van der Waals surface area contributed by atoms with E-state index < -0.39 is 90.8 Å². The number of anilines is 6. The monoisotopic (exact) mass is 1690 g/mol. The van der Waals surface area contributed by atoms with E-state index in [1.54, 1.807) is 60.8 Å². The van der Waals surface area contributed by atoms with Gasteiger partial charge in [0.15, 0.2) is 31.2 Å². The Balaban J connectivity index is 0.000000150. The molecule has 2 saturated carbocycles. The van der Waals surface area contributed by atoms with E-state index >= 15 is 0 Å². The van der Waals surface area contributed by atoms with E-state index in [0.29, 0.717) is 91.8 Å². The highest BCUT2D eigenvalue weighted by molar-refractivity contribution is 7.91. The first-order chi connectivity index (χ1) is 57.9. The number of nitrogens with two attached hydrogens (primary N) is 2. The lowest BCUT2D eigenvalue weighted by molar-refractivity contribution is -0.137. The Labute approximate surface area is 696 Å². The first-order valence-corrected chi connectivity index (χ1v) is 44.6. The van der Waals surface area contributed by atoms with Gasteiger partial charge in [0, 0.05) is 157 Å². The lowest BCUT2D eigenvalue weighted by Gasteiger charge is -2.39. The number of benzene rings is 4. The third kappa shape index (κ3) is 17.4. The van der Waals surface area contributed by atoms with Gasteiger partial charge in [-0.25, -0.2) is 36.8 Å². The molecule has 12 amide bonds. The van der Waals surface area contributed by atoms with Crippen molar-refractivity contribution in [3.8, 4) is 0 Å². The molecule has 634 valence electrons. The fourth-order valence-corrected chi connectivity index (χ4v) is 20.0. The van der Waals surface area contributed by atoms with Gasteiger partial charge in [-0.2, -0.15) is 0 Å². The molecule has 4 unspecified atom stereocenters. The number of piperidine rings is 8. The van der Waals surface area contributed by atoms with Crippen LogP contribution in [0.25, 0.3) is 0 Å². The molecule has 18 rings (SSSR count). The van der Waals surface area contributed by atoms with Gasteiger partial charge in [0.2, 0.25) is 35.4 Å². The number of hydrogen-bond acceptors (Lipinski definition) is 28. The van der Waals surface area contributed by atoms with Crippen molar-refractivity contribution in [2.24, 2.45) is 47.0 Å². The smallest absolute Gasteiger partial charge is 0.271 e. The number of nitrogens with one attached hydrogen (secondary N) is 6. The highest BCUT2D eigenvalue weighted by Gasteiger charge is 2.61. The van der Waals surface area contributed by atoms with Crippen LogP contribution in [0.5, 0.6) is 0 Å². The standard InChI is InChI=1S/C42H47N9O8S.C23H29N7O4S.C18H17N3O5/c1-60(58,59)27-7-4-23(5-8-27)17-32-37(38(43)53)44-19-34(46-32)49-14-2-3-24(20-49)45-40(55)36-30-21-50(22-31(30)36)25-12-15-48(16-13-25)26-6-9-28-29(18-26)42(57)51(41(28)56)33-10-11-35(52)47-39(33)54;1-35(33,34)15-6-4-13(5-7-15)27-22-20(21(24)31)26-11-18(29-22)30-8-2-3-14(12-30)28-23(32)19-16-9-25-10-17(16)19;22-11-5-7-20(8-6-11)10-1-2-12-13(9-10)18(26)21(17(12)25)14-3-4-15(23)19-16(14)24/h4-9,18-19,24-25,30-31,33,36H,2-3,10-17,20-22H2,1H3,(H2,43,53)(H,45,55)(H,47,52,54);4-7,11,14,16-17,19,25H,2-3,8-10,12H2,1H3,(H2,24,31)(H,27,29)(H,28,32);1-2,9,14H,3-8H2,(H,19,23,24)/t24-,30-,31+,33?,36?;14-,16-,17+,19?;/m11./s1. The minimum Gasteiger partial charge on any atom is -0.371 e. The summed E-state index contributed by atoms with van der Waals surface area (Å²) in [7, 11) is -6.68. The van der Waals surface area contributed by atoms with Crippen LogP contribution in [0.3, 0.4) is 0 Å². The van der Waals surface area contributed by atoms with E-state index in [2.05, 4.69) is 61.6 Å². The number of aromatic nitrogens is 4. The number of primary amides is 2. The summed E-state index contributed by atoms with van der Waals surface area (Å²) in [6.45, 7) is 8.97. The van der Waals surface area contributed by atoms with Gasteiger partial charge in [0.1, 0.15) is 35.2 Å². The van der Waals surface area contributed by atoms with Crippen molar-refractivity contribution in [1.29, 1.82) is 0 Å². The van der Waals surface area contributed by atoms with Crippen molar-refractivity contribution in [2.45, 2.75) is 123 Å². The summed E-state index contributed by atoms with van der Waals surface area (Å²) in [6.07, 6.45) is 12.3. The topological polar surface area (TPSA) is 489 Å². The SMILES string of the molecule is CS(=O)(=O)c1ccc(Cc2nc(N3CCC[C@@H](NC(=O)C4[C@H]5CN(C6CCN(c7ccc8c(c7)C(=O)N(C7CCC(=O)NC7=O)C8=O)CC6)C[C@@H]45)C3)cnc2C(N)=O)cc1.CS(=O)(=O)c1ccc(Nc2nc(N3CCC[C@@H](NC(=O)C4[C@H]5CNC[C@@H]45)C3)cnc2C(N)=O)cc1.O=C1CCN(c2ccc3c(c2)C(=O)N(C2CCC(=O)NC2=O)C3=O)CC1. The van der Waals surface area contributed by atoms with Gasteiger partial charge in [-0.1, -0.05) is 12.1 Å². The van der Waals surface area contributed by atoms with Gasteiger partial charge in [0.05, 0.1) is 50.1 Å². The number of sulfone groups is 2. The molecular formula is C83H93N19O17S2.